The Hall–Kier alpha value is -0.0800. The number of nitrogens with one attached hydrogen (secondary N) is 1. The van der Waals surface area contributed by atoms with Gasteiger partial charge in [-0.05, 0) is 20.0 Å². The van der Waals surface area contributed by atoms with Gasteiger partial charge < -0.3 is 10.2 Å². The molecule has 0 bridgehead atoms. The smallest absolute Gasteiger partial charge is 0.0104 e. The third-order valence-electron chi connectivity index (χ3n) is 2.69. The maximum atomic E-state index is 3.45. The highest BCUT2D eigenvalue weighted by atomic mass is 15.1. The molecule has 0 aromatic heterocycles. The zero-order valence-corrected chi connectivity index (χ0v) is 11.2. The van der Waals surface area contributed by atoms with E-state index in [1.165, 1.54) is 45.2 Å². The predicted molar refractivity (Wildman–Crippen MR) is 69.4 cm³/mol. The summed E-state index contributed by atoms with van der Waals surface area (Å²) in [5.41, 5.74) is 0. The van der Waals surface area contributed by atoms with E-state index in [-0.39, 0.29) is 0 Å². The summed E-state index contributed by atoms with van der Waals surface area (Å²) in [4.78, 5) is 2.43. The van der Waals surface area contributed by atoms with Crippen molar-refractivity contribution in [2.24, 2.45) is 0 Å². The van der Waals surface area contributed by atoms with Gasteiger partial charge in [0.25, 0.3) is 0 Å². The van der Waals surface area contributed by atoms with Crippen molar-refractivity contribution in [2.45, 2.75) is 58.9 Å². The molecule has 0 unspecified atom stereocenters. The molecule has 0 heterocycles. The van der Waals surface area contributed by atoms with Crippen LogP contribution < -0.4 is 5.32 Å². The first-order valence-corrected chi connectivity index (χ1v) is 6.58. The van der Waals surface area contributed by atoms with E-state index in [1.54, 1.807) is 0 Å². The van der Waals surface area contributed by atoms with Crippen molar-refractivity contribution in [3.05, 3.63) is 0 Å². The van der Waals surface area contributed by atoms with Gasteiger partial charge in [-0.1, -0.05) is 46.5 Å². The number of hydrogen-bond donors (Lipinski definition) is 1. The lowest BCUT2D eigenvalue weighted by Gasteiger charge is -2.17. The molecule has 0 spiro atoms. The van der Waals surface area contributed by atoms with E-state index in [1.807, 2.05) is 0 Å². The normalized spacial score (nSPS) is 11.6. The first-order valence-electron chi connectivity index (χ1n) is 6.58. The molecule has 0 aromatic carbocycles. The molecule has 0 fully saturated rings. The first kappa shape index (κ1) is 14.9. The van der Waals surface area contributed by atoms with E-state index < -0.39 is 0 Å². The molecule has 0 saturated carbocycles. The standard InChI is InChI=1S/C13H30N2/c1-5-6-7-8-9-11-15(4)12-10-14-13(2)3/h13-14H,5-12H2,1-4H3. The summed E-state index contributed by atoms with van der Waals surface area (Å²) in [6.45, 7) is 10.2. The van der Waals surface area contributed by atoms with E-state index >= 15 is 0 Å². The number of unbranched alkanes of at least 4 members (excludes halogenated alkanes) is 4. The lowest BCUT2D eigenvalue weighted by atomic mass is 10.1. The molecule has 0 aliphatic heterocycles. The molecular weight excluding hydrogens is 184 g/mol. The molecular formula is C13H30N2. The molecule has 1 N–H and O–H groups in total. The van der Waals surface area contributed by atoms with Crippen LogP contribution in [0.5, 0.6) is 0 Å². The third kappa shape index (κ3) is 11.8. The summed E-state index contributed by atoms with van der Waals surface area (Å²) in [6, 6.07) is 0.614. The summed E-state index contributed by atoms with van der Waals surface area (Å²) >= 11 is 0. The monoisotopic (exact) mass is 214 g/mol. The fraction of sp³-hybridized carbons (Fsp3) is 1.00. The van der Waals surface area contributed by atoms with Crippen molar-refractivity contribution in [1.29, 1.82) is 0 Å². The summed E-state index contributed by atoms with van der Waals surface area (Å²) in [5, 5.41) is 3.45. The van der Waals surface area contributed by atoms with Crippen LogP contribution >= 0.6 is 0 Å². The Morgan fingerprint density at radius 1 is 1.00 bits per heavy atom. The van der Waals surface area contributed by atoms with Gasteiger partial charge in [-0.3, -0.25) is 0 Å². The molecule has 0 saturated heterocycles. The average molecular weight is 214 g/mol. The Kier molecular flexibility index (Phi) is 10.4. The van der Waals surface area contributed by atoms with E-state index in [9.17, 15) is 0 Å². The molecule has 2 nitrogen and oxygen atoms in total. The van der Waals surface area contributed by atoms with Crippen LogP contribution in [0.2, 0.25) is 0 Å². The highest BCUT2D eigenvalue weighted by Gasteiger charge is 1.98. The van der Waals surface area contributed by atoms with Crippen molar-refractivity contribution in [1.82, 2.24) is 10.2 Å². The topological polar surface area (TPSA) is 15.3 Å². The molecule has 0 radical (unpaired) electrons. The lowest BCUT2D eigenvalue weighted by molar-refractivity contribution is 0.318. The predicted octanol–water partition coefficient (Wildman–Crippen LogP) is 2.89. The molecule has 0 aromatic rings. The zero-order valence-electron chi connectivity index (χ0n) is 11.2. The molecule has 0 aliphatic rings. The van der Waals surface area contributed by atoms with Crippen LogP contribution in [-0.2, 0) is 0 Å². The van der Waals surface area contributed by atoms with Gasteiger partial charge in [-0.2, -0.15) is 0 Å². The zero-order chi connectivity index (χ0) is 11.5. The van der Waals surface area contributed by atoms with E-state index in [0.717, 1.165) is 6.54 Å². The number of nitrogens with zero attached hydrogens (tertiary/aromatic N) is 1. The molecule has 0 aliphatic carbocycles. The van der Waals surface area contributed by atoms with Gasteiger partial charge in [-0.15, -0.1) is 0 Å². The fourth-order valence-electron chi connectivity index (χ4n) is 1.64. The highest BCUT2D eigenvalue weighted by molar-refractivity contribution is 4.57. The maximum Gasteiger partial charge on any atom is 0.0104 e. The Balaban J connectivity index is 3.15. The molecule has 0 atom stereocenters. The van der Waals surface area contributed by atoms with Gasteiger partial charge in [0.1, 0.15) is 0 Å². The molecule has 15 heavy (non-hydrogen) atoms. The van der Waals surface area contributed by atoms with Crippen LogP contribution in [0.1, 0.15) is 52.9 Å². The Morgan fingerprint density at radius 2 is 1.67 bits per heavy atom. The maximum absolute atomic E-state index is 3.45. The quantitative estimate of drug-likeness (QED) is 0.563. The molecule has 2 heteroatoms. The van der Waals surface area contributed by atoms with E-state index in [4.69, 9.17) is 0 Å². The number of likely N-dealkylation sites (N-methyl/N-ethyl adjacent to an activating group) is 1. The van der Waals surface area contributed by atoms with Gasteiger partial charge in [0.2, 0.25) is 0 Å². The van der Waals surface area contributed by atoms with Crippen LogP contribution in [0.15, 0.2) is 0 Å². The molecule has 0 rings (SSSR count). The third-order valence-corrected chi connectivity index (χ3v) is 2.69. The fourth-order valence-corrected chi connectivity index (χ4v) is 1.64. The van der Waals surface area contributed by atoms with Crippen LogP contribution in [0.25, 0.3) is 0 Å². The summed E-state index contributed by atoms with van der Waals surface area (Å²) in [5.74, 6) is 0. The average Bonchev–Trinajstić information content (AvgIpc) is 2.17. The second-order valence-corrected chi connectivity index (χ2v) is 4.83. The van der Waals surface area contributed by atoms with Crippen molar-refractivity contribution in [3.8, 4) is 0 Å². The van der Waals surface area contributed by atoms with Crippen LogP contribution in [-0.4, -0.2) is 37.6 Å². The largest absolute Gasteiger partial charge is 0.313 e. The Bertz CT molecular complexity index is 124. The summed E-state index contributed by atoms with van der Waals surface area (Å²) < 4.78 is 0. The van der Waals surface area contributed by atoms with Crippen LogP contribution in [0.4, 0.5) is 0 Å². The van der Waals surface area contributed by atoms with Gasteiger partial charge in [0, 0.05) is 19.1 Å². The summed E-state index contributed by atoms with van der Waals surface area (Å²) in [6.07, 6.45) is 6.91. The van der Waals surface area contributed by atoms with E-state index in [2.05, 4.69) is 38.0 Å². The number of rotatable bonds is 10. The minimum atomic E-state index is 0.614. The summed E-state index contributed by atoms with van der Waals surface area (Å²) in [7, 11) is 2.22. The van der Waals surface area contributed by atoms with Crippen molar-refractivity contribution < 1.29 is 0 Å². The second kappa shape index (κ2) is 10.4. The highest BCUT2D eigenvalue weighted by Crippen LogP contribution is 2.02. The minimum absolute atomic E-state index is 0.614. The van der Waals surface area contributed by atoms with Gasteiger partial charge in [-0.25, -0.2) is 0 Å². The minimum Gasteiger partial charge on any atom is -0.313 e. The number of hydrogen-bond acceptors (Lipinski definition) is 2. The van der Waals surface area contributed by atoms with Crippen molar-refractivity contribution in [2.75, 3.05) is 26.7 Å². The van der Waals surface area contributed by atoms with Crippen molar-refractivity contribution >= 4 is 0 Å². The van der Waals surface area contributed by atoms with Gasteiger partial charge in [0.15, 0.2) is 0 Å². The SMILES string of the molecule is CCCCCCCN(C)CCNC(C)C. The van der Waals surface area contributed by atoms with Crippen LogP contribution in [0.3, 0.4) is 0 Å². The van der Waals surface area contributed by atoms with Crippen molar-refractivity contribution in [3.63, 3.8) is 0 Å². The lowest BCUT2D eigenvalue weighted by Crippen LogP contribution is -2.33. The van der Waals surface area contributed by atoms with E-state index in [0.29, 0.717) is 6.04 Å². The second-order valence-electron chi connectivity index (χ2n) is 4.83. The first-order chi connectivity index (χ1) is 7.16. The molecule has 0 amide bonds. The van der Waals surface area contributed by atoms with Crippen LogP contribution in [0, 0.1) is 0 Å². The Labute approximate surface area is 96.4 Å². The van der Waals surface area contributed by atoms with Gasteiger partial charge in [0.05, 0.1) is 0 Å². The molecule has 92 valence electrons. The van der Waals surface area contributed by atoms with Gasteiger partial charge >= 0.3 is 0 Å². The Morgan fingerprint density at radius 3 is 2.27 bits per heavy atom.